The summed E-state index contributed by atoms with van der Waals surface area (Å²) >= 11 is 0. The quantitative estimate of drug-likeness (QED) is 0.834. The lowest BCUT2D eigenvalue weighted by Gasteiger charge is -2.34. The molecule has 1 aliphatic carbocycles. The van der Waals surface area contributed by atoms with E-state index in [1.165, 1.54) is 12.1 Å². The zero-order valence-corrected chi connectivity index (χ0v) is 14.0. The van der Waals surface area contributed by atoms with Crippen LogP contribution in [0.5, 0.6) is 0 Å². The third-order valence-corrected chi connectivity index (χ3v) is 5.00. The number of carbonyl (C=O) groups excluding carboxylic acids is 1. The first-order valence-corrected chi connectivity index (χ1v) is 8.72. The summed E-state index contributed by atoms with van der Waals surface area (Å²) in [5, 5.41) is 12.7. The summed E-state index contributed by atoms with van der Waals surface area (Å²) in [4.78, 5) is 14.5. The number of carbonyl (C=O) groups is 1. The van der Waals surface area contributed by atoms with Crippen LogP contribution in [-0.2, 0) is 4.79 Å². The van der Waals surface area contributed by atoms with Gasteiger partial charge in [-0.15, -0.1) is 0 Å². The number of anilines is 1. The smallest absolute Gasteiger partial charge is 0.224 e. The van der Waals surface area contributed by atoms with Crippen LogP contribution in [0.1, 0.15) is 44.2 Å². The molecule has 4 nitrogen and oxygen atoms in total. The van der Waals surface area contributed by atoms with Gasteiger partial charge in [-0.3, -0.25) is 4.79 Å². The number of allylic oxidation sites excluding steroid dienone is 2. The van der Waals surface area contributed by atoms with Gasteiger partial charge in [0, 0.05) is 30.3 Å². The molecule has 0 radical (unpaired) electrons. The first-order valence-electron chi connectivity index (χ1n) is 8.72. The van der Waals surface area contributed by atoms with Gasteiger partial charge in [0.15, 0.2) is 0 Å². The summed E-state index contributed by atoms with van der Waals surface area (Å²) in [6, 6.07) is 4.50. The van der Waals surface area contributed by atoms with E-state index in [2.05, 4.69) is 10.2 Å². The fraction of sp³-hybridized carbons (Fsp3) is 0.526. The molecule has 130 valence electrons. The number of nitrogens with one attached hydrogen (secondary N) is 1. The third-order valence-electron chi connectivity index (χ3n) is 5.00. The minimum atomic E-state index is -0.297. The average molecular weight is 332 g/mol. The van der Waals surface area contributed by atoms with Crippen molar-refractivity contribution in [2.75, 3.05) is 18.0 Å². The SMILES string of the molecule is C[C@@H](NC(=O)C1CC=CC1)c1cc(F)ccc1N1CCC(O)CC1. The van der Waals surface area contributed by atoms with Gasteiger partial charge in [0.2, 0.25) is 5.91 Å². The fourth-order valence-corrected chi connectivity index (χ4v) is 3.51. The molecule has 0 bridgehead atoms. The molecule has 24 heavy (non-hydrogen) atoms. The van der Waals surface area contributed by atoms with Crippen LogP contribution in [-0.4, -0.2) is 30.2 Å². The van der Waals surface area contributed by atoms with Crippen molar-refractivity contribution >= 4 is 11.6 Å². The lowest BCUT2D eigenvalue weighted by atomic mass is 10.00. The summed E-state index contributed by atoms with van der Waals surface area (Å²) in [5.74, 6) is -0.277. The predicted molar refractivity (Wildman–Crippen MR) is 92.3 cm³/mol. The van der Waals surface area contributed by atoms with Gasteiger partial charge >= 0.3 is 0 Å². The number of halogens is 1. The minimum Gasteiger partial charge on any atom is -0.393 e. The first kappa shape index (κ1) is 17.0. The highest BCUT2D eigenvalue weighted by Gasteiger charge is 2.25. The van der Waals surface area contributed by atoms with E-state index in [0.717, 1.165) is 37.2 Å². The van der Waals surface area contributed by atoms with Crippen LogP contribution < -0.4 is 10.2 Å². The largest absolute Gasteiger partial charge is 0.393 e. The van der Waals surface area contributed by atoms with E-state index in [-0.39, 0.29) is 29.8 Å². The van der Waals surface area contributed by atoms with Crippen molar-refractivity contribution in [2.45, 2.75) is 44.8 Å². The summed E-state index contributed by atoms with van der Waals surface area (Å²) in [6.45, 7) is 3.39. The number of hydrogen-bond donors (Lipinski definition) is 2. The maximum atomic E-state index is 13.8. The molecule has 3 rings (SSSR count). The second-order valence-corrected chi connectivity index (χ2v) is 6.79. The van der Waals surface area contributed by atoms with Crippen LogP contribution in [0.25, 0.3) is 0 Å². The predicted octanol–water partition coefficient (Wildman–Crippen LogP) is 2.93. The molecule has 1 amide bonds. The van der Waals surface area contributed by atoms with Gasteiger partial charge in [0.25, 0.3) is 0 Å². The molecular weight excluding hydrogens is 307 g/mol. The Hall–Kier alpha value is -1.88. The summed E-state index contributed by atoms with van der Waals surface area (Å²) < 4.78 is 13.8. The number of aliphatic hydroxyl groups is 1. The summed E-state index contributed by atoms with van der Waals surface area (Å²) in [6.07, 6.45) is 6.79. The van der Waals surface area contributed by atoms with E-state index in [1.54, 1.807) is 6.07 Å². The number of aliphatic hydroxyl groups excluding tert-OH is 1. The zero-order valence-electron chi connectivity index (χ0n) is 14.0. The number of hydrogen-bond acceptors (Lipinski definition) is 3. The topological polar surface area (TPSA) is 52.6 Å². The van der Waals surface area contributed by atoms with Crippen LogP contribution in [0.3, 0.4) is 0 Å². The number of rotatable bonds is 4. The van der Waals surface area contributed by atoms with Gasteiger partial charge in [0.05, 0.1) is 12.1 Å². The second kappa shape index (κ2) is 7.34. The third kappa shape index (κ3) is 3.78. The number of nitrogens with zero attached hydrogens (tertiary/aromatic N) is 1. The molecule has 2 aliphatic rings. The van der Waals surface area contributed by atoms with Crippen LogP contribution in [0.4, 0.5) is 10.1 Å². The normalized spacial score (nSPS) is 20.4. The van der Waals surface area contributed by atoms with E-state index in [1.807, 2.05) is 19.1 Å². The molecule has 5 heteroatoms. The molecule has 0 aromatic heterocycles. The fourth-order valence-electron chi connectivity index (χ4n) is 3.51. The summed E-state index contributed by atoms with van der Waals surface area (Å²) in [7, 11) is 0. The molecule has 1 saturated heterocycles. The molecule has 0 spiro atoms. The molecule has 2 N–H and O–H groups in total. The lowest BCUT2D eigenvalue weighted by Crippen LogP contribution is -2.37. The molecule has 0 saturated carbocycles. The van der Waals surface area contributed by atoms with Gasteiger partial charge < -0.3 is 15.3 Å². The van der Waals surface area contributed by atoms with E-state index < -0.39 is 0 Å². The van der Waals surface area contributed by atoms with Gasteiger partial charge in [-0.05, 0) is 50.8 Å². The molecule has 1 atom stereocenters. The number of benzene rings is 1. The van der Waals surface area contributed by atoms with Crippen molar-refractivity contribution < 1.29 is 14.3 Å². The van der Waals surface area contributed by atoms with Crippen molar-refractivity contribution in [3.8, 4) is 0 Å². The highest BCUT2D eigenvalue weighted by atomic mass is 19.1. The van der Waals surface area contributed by atoms with E-state index in [9.17, 15) is 14.3 Å². The summed E-state index contributed by atoms with van der Waals surface area (Å²) in [5.41, 5.74) is 1.74. The van der Waals surface area contributed by atoms with E-state index >= 15 is 0 Å². The van der Waals surface area contributed by atoms with Crippen molar-refractivity contribution in [3.63, 3.8) is 0 Å². The van der Waals surface area contributed by atoms with Crippen molar-refractivity contribution in [3.05, 3.63) is 41.7 Å². The van der Waals surface area contributed by atoms with Crippen LogP contribution in [0, 0.1) is 11.7 Å². The first-order chi connectivity index (χ1) is 11.5. The Kier molecular flexibility index (Phi) is 5.19. The molecule has 1 fully saturated rings. The Morgan fingerprint density at radius 2 is 1.96 bits per heavy atom. The van der Waals surface area contributed by atoms with Crippen LogP contribution in [0.2, 0.25) is 0 Å². The highest BCUT2D eigenvalue weighted by molar-refractivity contribution is 5.80. The van der Waals surface area contributed by atoms with Crippen LogP contribution in [0.15, 0.2) is 30.4 Å². The van der Waals surface area contributed by atoms with Gasteiger partial charge in [-0.25, -0.2) is 4.39 Å². The Bertz CT molecular complexity index is 616. The second-order valence-electron chi connectivity index (χ2n) is 6.79. The lowest BCUT2D eigenvalue weighted by molar-refractivity contribution is -0.125. The van der Waals surface area contributed by atoms with Gasteiger partial charge in [0.1, 0.15) is 5.82 Å². The zero-order chi connectivity index (χ0) is 17.1. The number of piperidine rings is 1. The molecular formula is C19H25FN2O2. The highest BCUT2D eigenvalue weighted by Crippen LogP contribution is 2.30. The average Bonchev–Trinajstić information content (AvgIpc) is 3.10. The standard InChI is InChI=1S/C19H25FN2O2/c1-13(21-19(24)14-4-2-3-5-14)17-12-15(20)6-7-18(17)22-10-8-16(23)9-11-22/h2-3,6-7,12-14,16,23H,4-5,8-11H2,1H3,(H,21,24)/t13-/m1/s1. The minimum absolute atomic E-state index is 0.00501. The molecule has 1 heterocycles. The maximum absolute atomic E-state index is 13.8. The van der Waals surface area contributed by atoms with Crippen molar-refractivity contribution in [1.82, 2.24) is 5.32 Å². The van der Waals surface area contributed by atoms with E-state index in [0.29, 0.717) is 12.8 Å². The Morgan fingerprint density at radius 1 is 1.29 bits per heavy atom. The monoisotopic (exact) mass is 332 g/mol. The number of amides is 1. The van der Waals surface area contributed by atoms with Crippen molar-refractivity contribution in [1.29, 1.82) is 0 Å². The Balaban J connectivity index is 1.75. The molecule has 1 aliphatic heterocycles. The Morgan fingerprint density at radius 3 is 2.62 bits per heavy atom. The van der Waals surface area contributed by atoms with Gasteiger partial charge in [-0.1, -0.05) is 12.2 Å². The molecule has 1 aromatic carbocycles. The van der Waals surface area contributed by atoms with Crippen LogP contribution >= 0.6 is 0 Å². The molecule has 1 aromatic rings. The van der Waals surface area contributed by atoms with E-state index in [4.69, 9.17) is 0 Å². The molecule has 0 unspecified atom stereocenters. The Labute approximate surface area is 142 Å². The van der Waals surface area contributed by atoms with Crippen molar-refractivity contribution in [2.24, 2.45) is 5.92 Å². The van der Waals surface area contributed by atoms with Gasteiger partial charge in [-0.2, -0.15) is 0 Å². The maximum Gasteiger partial charge on any atom is 0.224 e.